The van der Waals surface area contributed by atoms with E-state index < -0.39 is 5.91 Å². The van der Waals surface area contributed by atoms with Crippen molar-refractivity contribution in [2.75, 3.05) is 11.9 Å². The summed E-state index contributed by atoms with van der Waals surface area (Å²) in [5, 5.41) is 4.25. The van der Waals surface area contributed by atoms with Crippen LogP contribution in [0, 0.1) is 6.92 Å². The predicted molar refractivity (Wildman–Crippen MR) is 131 cm³/mol. The number of nitrogens with two attached hydrogens (primary N) is 1. The van der Waals surface area contributed by atoms with E-state index in [-0.39, 0.29) is 5.91 Å². The number of amides is 2. The number of rotatable bonds is 5. The second kappa shape index (κ2) is 8.62. The zero-order valence-corrected chi connectivity index (χ0v) is 19.2. The van der Waals surface area contributed by atoms with E-state index in [0.717, 1.165) is 33.4 Å². The third-order valence-corrected chi connectivity index (χ3v) is 6.29. The van der Waals surface area contributed by atoms with Gasteiger partial charge < -0.3 is 16.0 Å². The number of aromatic nitrogens is 3. The first-order chi connectivity index (χ1) is 16.4. The van der Waals surface area contributed by atoms with Crippen LogP contribution in [-0.4, -0.2) is 37.8 Å². The maximum Gasteiger partial charge on any atom is 0.249 e. The van der Waals surface area contributed by atoms with Gasteiger partial charge in [0.05, 0.1) is 17.8 Å². The van der Waals surface area contributed by atoms with Gasteiger partial charge in [-0.15, -0.1) is 0 Å². The molecular formula is C26H26N6O2. The molecule has 0 saturated heterocycles. The molecule has 1 aliphatic heterocycles. The molecule has 34 heavy (non-hydrogen) atoms. The topological polar surface area (TPSA) is 106 Å². The van der Waals surface area contributed by atoms with Crippen LogP contribution in [0.15, 0.2) is 54.6 Å². The average Bonchev–Trinajstić information content (AvgIpc) is 3.18. The zero-order valence-electron chi connectivity index (χ0n) is 19.2. The lowest BCUT2D eigenvalue weighted by molar-refractivity contribution is -0.129. The van der Waals surface area contributed by atoms with Crippen molar-refractivity contribution < 1.29 is 9.59 Å². The lowest BCUT2D eigenvalue weighted by Crippen LogP contribution is -2.35. The van der Waals surface area contributed by atoms with Crippen molar-refractivity contribution in [1.82, 2.24) is 19.4 Å². The van der Waals surface area contributed by atoms with Crippen LogP contribution >= 0.6 is 0 Å². The second-order valence-corrected chi connectivity index (χ2v) is 8.55. The molecule has 0 unspecified atom stereocenters. The monoisotopic (exact) mass is 454 g/mol. The van der Waals surface area contributed by atoms with Gasteiger partial charge in [0.1, 0.15) is 5.82 Å². The molecule has 5 rings (SSSR count). The Morgan fingerprint density at radius 3 is 2.62 bits per heavy atom. The minimum atomic E-state index is -0.469. The van der Waals surface area contributed by atoms with E-state index in [1.165, 1.54) is 0 Å². The van der Waals surface area contributed by atoms with E-state index in [1.807, 2.05) is 52.8 Å². The van der Waals surface area contributed by atoms with E-state index in [4.69, 9.17) is 15.7 Å². The molecule has 1 aliphatic rings. The summed E-state index contributed by atoms with van der Waals surface area (Å²) in [6, 6.07) is 17.5. The van der Waals surface area contributed by atoms with Crippen molar-refractivity contribution in [3.8, 4) is 5.95 Å². The molecule has 0 spiro atoms. The lowest BCUT2D eigenvalue weighted by Gasteiger charge is -2.29. The number of nitrogens with one attached hydrogen (secondary N) is 1. The molecular weight excluding hydrogens is 428 g/mol. The zero-order chi connectivity index (χ0) is 23.8. The van der Waals surface area contributed by atoms with E-state index in [0.29, 0.717) is 43.4 Å². The SMILES string of the molecule is CC(=O)N1CCc2nc(-n3c(C)cc4c(C(N)=O)cccc43)nc(NCc3ccccc3)c2C1. The maximum atomic E-state index is 12.1. The third-order valence-electron chi connectivity index (χ3n) is 6.29. The Hall–Kier alpha value is -4.20. The Labute approximate surface area is 197 Å². The average molecular weight is 455 g/mol. The van der Waals surface area contributed by atoms with Crippen molar-refractivity contribution in [3.63, 3.8) is 0 Å². The summed E-state index contributed by atoms with van der Waals surface area (Å²) >= 11 is 0. The Kier molecular flexibility index (Phi) is 5.49. The van der Waals surface area contributed by atoms with Gasteiger partial charge in [0.15, 0.2) is 0 Å². The summed E-state index contributed by atoms with van der Waals surface area (Å²) in [5.41, 5.74) is 10.8. The van der Waals surface area contributed by atoms with Gasteiger partial charge in [-0.25, -0.2) is 4.98 Å². The fourth-order valence-corrected chi connectivity index (χ4v) is 4.54. The van der Waals surface area contributed by atoms with Crippen LogP contribution in [0.1, 0.15) is 39.8 Å². The van der Waals surface area contributed by atoms with Gasteiger partial charge in [0.25, 0.3) is 0 Å². The number of primary amides is 1. The van der Waals surface area contributed by atoms with Gasteiger partial charge in [0, 0.05) is 48.6 Å². The Bertz CT molecular complexity index is 1410. The molecule has 8 nitrogen and oxygen atoms in total. The van der Waals surface area contributed by atoms with Crippen molar-refractivity contribution in [3.05, 3.63) is 82.7 Å². The fraction of sp³-hybridized carbons (Fsp3) is 0.231. The Balaban J connectivity index is 1.63. The lowest BCUT2D eigenvalue weighted by atomic mass is 10.1. The smallest absolute Gasteiger partial charge is 0.249 e. The first-order valence-corrected chi connectivity index (χ1v) is 11.3. The van der Waals surface area contributed by atoms with Crippen LogP contribution in [0.25, 0.3) is 16.9 Å². The van der Waals surface area contributed by atoms with Gasteiger partial charge in [-0.3, -0.25) is 14.2 Å². The normalized spacial score (nSPS) is 13.1. The summed E-state index contributed by atoms with van der Waals surface area (Å²) in [7, 11) is 0. The molecule has 172 valence electrons. The molecule has 2 aromatic carbocycles. The quantitative estimate of drug-likeness (QED) is 0.481. The highest BCUT2D eigenvalue weighted by Gasteiger charge is 2.25. The molecule has 4 aromatic rings. The van der Waals surface area contributed by atoms with Gasteiger partial charge >= 0.3 is 0 Å². The summed E-state index contributed by atoms with van der Waals surface area (Å²) in [4.78, 5) is 35.6. The summed E-state index contributed by atoms with van der Waals surface area (Å²) < 4.78 is 1.95. The number of fused-ring (bicyclic) bond motifs is 2. The van der Waals surface area contributed by atoms with Gasteiger partial charge in [-0.1, -0.05) is 36.4 Å². The summed E-state index contributed by atoms with van der Waals surface area (Å²) in [6.07, 6.45) is 0.648. The number of hydrogen-bond donors (Lipinski definition) is 2. The van der Waals surface area contributed by atoms with E-state index >= 15 is 0 Å². The van der Waals surface area contributed by atoms with E-state index in [1.54, 1.807) is 13.0 Å². The molecule has 0 atom stereocenters. The molecule has 2 amide bonds. The van der Waals surface area contributed by atoms with Crippen LogP contribution < -0.4 is 11.1 Å². The van der Waals surface area contributed by atoms with Crippen molar-refractivity contribution >= 4 is 28.5 Å². The number of carbonyl (C=O) groups is 2. The minimum Gasteiger partial charge on any atom is -0.366 e. The predicted octanol–water partition coefficient (Wildman–Crippen LogP) is 3.34. The van der Waals surface area contributed by atoms with Crippen LogP contribution in [0.5, 0.6) is 0 Å². The second-order valence-electron chi connectivity index (χ2n) is 8.55. The Morgan fingerprint density at radius 2 is 1.88 bits per heavy atom. The molecule has 0 bridgehead atoms. The standard InChI is InChI=1S/C26H26N6O2/c1-16-13-20-19(24(27)34)9-6-10-23(20)32(16)26-29-22-11-12-31(17(2)33)15-21(22)25(30-26)28-14-18-7-4-3-5-8-18/h3-10,13H,11-12,14-15H2,1-2H3,(H2,27,34)(H,28,29,30). The number of aryl methyl sites for hydroxylation is 1. The van der Waals surface area contributed by atoms with Crippen molar-refractivity contribution in [2.45, 2.75) is 33.4 Å². The highest BCUT2D eigenvalue weighted by molar-refractivity contribution is 6.06. The molecule has 3 N–H and O–H groups in total. The number of anilines is 1. The number of nitrogens with zero attached hydrogens (tertiary/aromatic N) is 4. The number of carbonyl (C=O) groups excluding carboxylic acids is 2. The van der Waals surface area contributed by atoms with Gasteiger partial charge in [-0.2, -0.15) is 4.98 Å². The molecule has 0 aliphatic carbocycles. The molecule has 8 heteroatoms. The number of hydrogen-bond acceptors (Lipinski definition) is 5. The summed E-state index contributed by atoms with van der Waals surface area (Å²) in [5.74, 6) is 0.806. The van der Waals surface area contributed by atoms with Crippen LogP contribution in [0.2, 0.25) is 0 Å². The molecule has 0 radical (unpaired) electrons. The van der Waals surface area contributed by atoms with Crippen molar-refractivity contribution in [1.29, 1.82) is 0 Å². The van der Waals surface area contributed by atoms with Crippen LogP contribution in [-0.2, 0) is 24.3 Å². The van der Waals surface area contributed by atoms with Crippen LogP contribution in [0.3, 0.4) is 0 Å². The van der Waals surface area contributed by atoms with Crippen LogP contribution in [0.4, 0.5) is 5.82 Å². The van der Waals surface area contributed by atoms with Gasteiger partial charge in [-0.05, 0) is 30.7 Å². The highest BCUT2D eigenvalue weighted by atomic mass is 16.2. The highest BCUT2D eigenvalue weighted by Crippen LogP contribution is 2.29. The minimum absolute atomic E-state index is 0.0370. The molecule has 2 aromatic heterocycles. The summed E-state index contributed by atoms with van der Waals surface area (Å²) in [6.45, 7) is 5.24. The number of benzene rings is 2. The largest absolute Gasteiger partial charge is 0.366 e. The first-order valence-electron chi connectivity index (χ1n) is 11.3. The van der Waals surface area contributed by atoms with Crippen molar-refractivity contribution in [2.24, 2.45) is 5.73 Å². The molecule has 0 saturated carbocycles. The fourth-order valence-electron chi connectivity index (χ4n) is 4.54. The first kappa shape index (κ1) is 21.6. The van der Waals surface area contributed by atoms with E-state index in [2.05, 4.69) is 17.4 Å². The Morgan fingerprint density at radius 1 is 1.09 bits per heavy atom. The van der Waals surface area contributed by atoms with E-state index in [9.17, 15) is 9.59 Å². The molecule has 3 heterocycles. The third kappa shape index (κ3) is 3.87. The maximum absolute atomic E-state index is 12.1. The van der Waals surface area contributed by atoms with Gasteiger partial charge in [0.2, 0.25) is 17.8 Å². The molecule has 0 fully saturated rings.